The molecule has 0 amide bonds. The summed E-state index contributed by atoms with van der Waals surface area (Å²) in [6, 6.07) is 0. The molecule has 1 aliphatic heterocycles. The first kappa shape index (κ1) is 13.8. The molecule has 1 aromatic rings. The number of anilines is 1. The highest BCUT2D eigenvalue weighted by Crippen LogP contribution is 2.32. The van der Waals surface area contributed by atoms with Gasteiger partial charge >= 0.3 is 5.69 Å². The second kappa shape index (κ2) is 6.04. The van der Waals surface area contributed by atoms with Crippen molar-refractivity contribution >= 4 is 11.5 Å². The van der Waals surface area contributed by atoms with Crippen molar-refractivity contribution in [3.63, 3.8) is 0 Å². The van der Waals surface area contributed by atoms with E-state index in [0.717, 1.165) is 25.9 Å². The third-order valence-electron chi connectivity index (χ3n) is 3.74. The summed E-state index contributed by atoms with van der Waals surface area (Å²) in [7, 11) is 1.81. The summed E-state index contributed by atoms with van der Waals surface area (Å²) in [6.45, 7) is 3.69. The summed E-state index contributed by atoms with van der Waals surface area (Å²) in [5.74, 6) is 0.684. The van der Waals surface area contributed by atoms with Gasteiger partial charge in [0.05, 0.1) is 4.92 Å². The standard InChI is InChI=1S/C13H22N4O2/c1-3-11-12(17(18)19)13(15(2)14-11)16-9-7-5-4-6-8-10-16/h3-10H2,1-2H3. The van der Waals surface area contributed by atoms with E-state index < -0.39 is 0 Å². The summed E-state index contributed by atoms with van der Waals surface area (Å²) >= 11 is 0. The number of nitro groups is 1. The third kappa shape index (κ3) is 2.88. The molecule has 0 atom stereocenters. The lowest BCUT2D eigenvalue weighted by Crippen LogP contribution is -2.29. The quantitative estimate of drug-likeness (QED) is 0.623. The van der Waals surface area contributed by atoms with Gasteiger partial charge in [0.2, 0.25) is 5.82 Å². The maximum Gasteiger partial charge on any atom is 0.334 e. The van der Waals surface area contributed by atoms with Crippen LogP contribution >= 0.6 is 0 Å². The lowest BCUT2D eigenvalue weighted by atomic mass is 10.1. The van der Waals surface area contributed by atoms with Crippen molar-refractivity contribution in [1.82, 2.24) is 9.78 Å². The second-order valence-corrected chi connectivity index (χ2v) is 5.11. The minimum absolute atomic E-state index is 0.200. The molecule has 0 N–H and O–H groups in total. The van der Waals surface area contributed by atoms with Crippen LogP contribution in [0.15, 0.2) is 0 Å². The van der Waals surface area contributed by atoms with Crippen molar-refractivity contribution in [2.75, 3.05) is 18.0 Å². The Morgan fingerprint density at radius 3 is 2.32 bits per heavy atom. The molecule has 2 heterocycles. The maximum absolute atomic E-state index is 11.3. The molecule has 0 unspecified atom stereocenters. The van der Waals surface area contributed by atoms with Crippen molar-refractivity contribution < 1.29 is 4.92 Å². The number of aryl methyl sites for hydroxylation is 2. The highest BCUT2D eigenvalue weighted by Gasteiger charge is 2.29. The monoisotopic (exact) mass is 266 g/mol. The zero-order chi connectivity index (χ0) is 13.8. The number of hydrogen-bond acceptors (Lipinski definition) is 4. The fraction of sp³-hybridized carbons (Fsp3) is 0.769. The van der Waals surface area contributed by atoms with Crippen LogP contribution in [0.4, 0.5) is 11.5 Å². The van der Waals surface area contributed by atoms with E-state index in [1.807, 2.05) is 6.92 Å². The van der Waals surface area contributed by atoms with Gasteiger partial charge in [0, 0.05) is 20.1 Å². The van der Waals surface area contributed by atoms with Crippen molar-refractivity contribution in [3.8, 4) is 0 Å². The van der Waals surface area contributed by atoms with Gasteiger partial charge in [-0.15, -0.1) is 0 Å². The van der Waals surface area contributed by atoms with E-state index >= 15 is 0 Å². The SMILES string of the molecule is CCc1nn(C)c(N2CCCCCCC2)c1[N+](=O)[O-]. The third-order valence-corrected chi connectivity index (χ3v) is 3.74. The lowest BCUT2D eigenvalue weighted by molar-refractivity contribution is -0.384. The molecule has 106 valence electrons. The Morgan fingerprint density at radius 1 is 1.21 bits per heavy atom. The summed E-state index contributed by atoms with van der Waals surface area (Å²) in [5.41, 5.74) is 0.787. The van der Waals surface area contributed by atoms with Crippen LogP contribution in [0.25, 0.3) is 0 Å². The smallest absolute Gasteiger partial charge is 0.334 e. The van der Waals surface area contributed by atoms with Gasteiger partial charge < -0.3 is 4.90 Å². The van der Waals surface area contributed by atoms with Crippen molar-refractivity contribution in [2.24, 2.45) is 7.05 Å². The number of rotatable bonds is 3. The van der Waals surface area contributed by atoms with Crippen LogP contribution in [0.5, 0.6) is 0 Å². The molecule has 0 bridgehead atoms. The molecule has 0 aromatic carbocycles. The van der Waals surface area contributed by atoms with Gasteiger partial charge in [0.25, 0.3) is 0 Å². The fourth-order valence-corrected chi connectivity index (χ4v) is 2.80. The molecule has 1 aliphatic rings. The summed E-state index contributed by atoms with van der Waals surface area (Å²) in [5, 5.41) is 15.6. The predicted molar refractivity (Wildman–Crippen MR) is 74.5 cm³/mol. The first-order valence-corrected chi connectivity index (χ1v) is 7.10. The Balaban J connectivity index is 2.35. The number of aromatic nitrogens is 2. The van der Waals surface area contributed by atoms with E-state index in [1.54, 1.807) is 11.7 Å². The predicted octanol–water partition coefficient (Wildman–Crippen LogP) is 2.66. The molecule has 2 rings (SSSR count). The van der Waals surface area contributed by atoms with Gasteiger partial charge in [-0.2, -0.15) is 5.10 Å². The molecular weight excluding hydrogens is 244 g/mol. The zero-order valence-electron chi connectivity index (χ0n) is 11.8. The zero-order valence-corrected chi connectivity index (χ0v) is 11.8. The van der Waals surface area contributed by atoms with E-state index in [2.05, 4.69) is 10.00 Å². The van der Waals surface area contributed by atoms with Crippen molar-refractivity contribution in [2.45, 2.75) is 45.4 Å². The molecule has 0 saturated carbocycles. The molecule has 0 radical (unpaired) electrons. The molecule has 6 heteroatoms. The van der Waals surface area contributed by atoms with Crippen LogP contribution in [0.2, 0.25) is 0 Å². The van der Waals surface area contributed by atoms with Crippen LogP contribution in [-0.2, 0) is 13.5 Å². The Morgan fingerprint density at radius 2 is 1.79 bits per heavy atom. The van der Waals surface area contributed by atoms with Crippen molar-refractivity contribution in [1.29, 1.82) is 0 Å². The first-order chi connectivity index (χ1) is 9.15. The highest BCUT2D eigenvalue weighted by molar-refractivity contribution is 5.61. The van der Waals surface area contributed by atoms with E-state index in [-0.39, 0.29) is 10.6 Å². The van der Waals surface area contributed by atoms with Gasteiger partial charge in [-0.05, 0) is 19.3 Å². The number of hydrogen-bond donors (Lipinski definition) is 0. The van der Waals surface area contributed by atoms with E-state index in [1.165, 1.54) is 19.3 Å². The molecule has 1 fully saturated rings. The molecule has 6 nitrogen and oxygen atoms in total. The number of nitrogens with zero attached hydrogens (tertiary/aromatic N) is 4. The van der Waals surface area contributed by atoms with Gasteiger partial charge in [-0.25, -0.2) is 4.68 Å². The average molecular weight is 266 g/mol. The Hall–Kier alpha value is -1.59. The maximum atomic E-state index is 11.3. The fourth-order valence-electron chi connectivity index (χ4n) is 2.80. The largest absolute Gasteiger partial charge is 0.351 e. The van der Waals surface area contributed by atoms with Gasteiger partial charge in [-0.3, -0.25) is 10.1 Å². The molecular formula is C13H22N4O2. The van der Waals surface area contributed by atoms with Crippen LogP contribution in [0.1, 0.15) is 44.7 Å². The van der Waals surface area contributed by atoms with Crippen LogP contribution in [0.3, 0.4) is 0 Å². The summed E-state index contributed by atoms with van der Waals surface area (Å²) in [6.07, 6.45) is 6.50. The van der Waals surface area contributed by atoms with E-state index in [0.29, 0.717) is 17.9 Å². The van der Waals surface area contributed by atoms with Crippen LogP contribution < -0.4 is 4.90 Å². The van der Waals surface area contributed by atoms with Crippen LogP contribution in [-0.4, -0.2) is 27.8 Å². The van der Waals surface area contributed by atoms with Gasteiger partial charge in [0.15, 0.2) is 0 Å². The topological polar surface area (TPSA) is 64.2 Å². The van der Waals surface area contributed by atoms with Crippen LogP contribution in [0, 0.1) is 10.1 Å². The van der Waals surface area contributed by atoms with E-state index in [9.17, 15) is 10.1 Å². The average Bonchev–Trinajstić information content (AvgIpc) is 2.66. The van der Waals surface area contributed by atoms with Gasteiger partial charge in [0.1, 0.15) is 5.69 Å². The summed E-state index contributed by atoms with van der Waals surface area (Å²) in [4.78, 5) is 13.2. The Bertz CT molecular complexity index is 448. The molecule has 1 saturated heterocycles. The molecule has 1 aromatic heterocycles. The second-order valence-electron chi connectivity index (χ2n) is 5.11. The molecule has 19 heavy (non-hydrogen) atoms. The van der Waals surface area contributed by atoms with E-state index in [4.69, 9.17) is 0 Å². The summed E-state index contributed by atoms with van der Waals surface area (Å²) < 4.78 is 1.68. The van der Waals surface area contributed by atoms with Gasteiger partial charge in [-0.1, -0.05) is 26.2 Å². The Kier molecular flexibility index (Phi) is 4.39. The lowest BCUT2D eigenvalue weighted by Gasteiger charge is -2.25. The van der Waals surface area contributed by atoms with Crippen molar-refractivity contribution in [3.05, 3.63) is 15.8 Å². The highest BCUT2D eigenvalue weighted by atomic mass is 16.6. The first-order valence-electron chi connectivity index (χ1n) is 7.10. The molecule has 0 spiro atoms. The molecule has 0 aliphatic carbocycles. The Labute approximate surface area is 113 Å². The minimum Gasteiger partial charge on any atom is -0.351 e. The normalized spacial score (nSPS) is 17.1. The minimum atomic E-state index is -0.278.